The Morgan fingerprint density at radius 1 is 1.23 bits per heavy atom. The highest BCUT2D eigenvalue weighted by Gasteiger charge is 2.26. The first kappa shape index (κ1) is 22.5. The van der Waals surface area contributed by atoms with E-state index in [0.717, 1.165) is 0 Å². The van der Waals surface area contributed by atoms with Gasteiger partial charge in [-0.25, -0.2) is 13.2 Å². The standard InChI is InChI=1S/C20H24N4O6S/c1-5-24(6-2)31(26,27)16-11-17(23(3)12-16)20(25)29-13-18-21-19(22-30-18)14-8-7-9-15(10-14)28-4/h7-12H,5-6,13H2,1-4H3. The second kappa shape index (κ2) is 9.31. The van der Waals surface area contributed by atoms with Gasteiger partial charge in [0.15, 0.2) is 6.61 Å². The normalized spacial score (nSPS) is 11.6. The van der Waals surface area contributed by atoms with E-state index < -0.39 is 16.0 Å². The topological polar surface area (TPSA) is 117 Å². The molecule has 0 aliphatic rings. The van der Waals surface area contributed by atoms with Crippen LogP contribution in [-0.2, 0) is 28.4 Å². The molecule has 0 saturated carbocycles. The minimum absolute atomic E-state index is 0.0313. The molecule has 0 unspecified atom stereocenters. The minimum atomic E-state index is -3.68. The van der Waals surface area contributed by atoms with Gasteiger partial charge in [0.1, 0.15) is 16.3 Å². The Morgan fingerprint density at radius 2 is 1.97 bits per heavy atom. The minimum Gasteiger partial charge on any atom is -0.497 e. The highest BCUT2D eigenvalue weighted by molar-refractivity contribution is 7.89. The third-order valence-corrected chi connectivity index (χ3v) is 6.67. The number of benzene rings is 1. The molecule has 1 aromatic carbocycles. The molecule has 2 aromatic heterocycles. The smallest absolute Gasteiger partial charge is 0.355 e. The quantitative estimate of drug-likeness (QED) is 0.458. The molecule has 0 spiro atoms. The van der Waals surface area contributed by atoms with Gasteiger partial charge < -0.3 is 18.6 Å². The van der Waals surface area contributed by atoms with Crippen molar-refractivity contribution in [3.63, 3.8) is 0 Å². The zero-order valence-electron chi connectivity index (χ0n) is 17.7. The Bertz CT molecular complexity index is 1160. The Hall–Kier alpha value is -3.18. The summed E-state index contributed by atoms with van der Waals surface area (Å²) in [4.78, 5) is 16.7. The molecule has 0 N–H and O–H groups in total. The lowest BCUT2D eigenvalue weighted by Gasteiger charge is -2.17. The molecular formula is C20H24N4O6S. The van der Waals surface area contributed by atoms with E-state index in [4.69, 9.17) is 14.0 Å². The molecule has 0 atom stereocenters. The second-order valence-electron chi connectivity index (χ2n) is 6.58. The third-order valence-electron chi connectivity index (χ3n) is 4.65. The van der Waals surface area contributed by atoms with Gasteiger partial charge >= 0.3 is 5.97 Å². The number of rotatable bonds is 9. The van der Waals surface area contributed by atoms with Gasteiger partial charge in [0.2, 0.25) is 15.8 Å². The lowest BCUT2D eigenvalue weighted by molar-refractivity contribution is 0.0418. The third kappa shape index (κ3) is 4.78. The highest BCUT2D eigenvalue weighted by Crippen LogP contribution is 2.22. The van der Waals surface area contributed by atoms with Crippen molar-refractivity contribution in [2.45, 2.75) is 25.3 Å². The fourth-order valence-electron chi connectivity index (χ4n) is 2.98. The Morgan fingerprint density at radius 3 is 2.65 bits per heavy atom. The van der Waals surface area contributed by atoms with Crippen molar-refractivity contribution in [1.82, 2.24) is 19.0 Å². The number of methoxy groups -OCH3 is 1. The van der Waals surface area contributed by atoms with Gasteiger partial charge in [-0.05, 0) is 18.2 Å². The van der Waals surface area contributed by atoms with Crippen LogP contribution in [0, 0.1) is 0 Å². The fraction of sp³-hybridized carbons (Fsp3) is 0.350. The number of aromatic nitrogens is 3. The number of carbonyl (C=O) groups is 1. The summed E-state index contributed by atoms with van der Waals surface area (Å²) in [5.74, 6) is 0.381. The van der Waals surface area contributed by atoms with Crippen LogP contribution in [0.1, 0.15) is 30.2 Å². The predicted octanol–water partition coefficient (Wildman–Crippen LogP) is 2.47. The predicted molar refractivity (Wildman–Crippen MR) is 111 cm³/mol. The number of sulfonamides is 1. The first-order valence-electron chi connectivity index (χ1n) is 9.60. The summed E-state index contributed by atoms with van der Waals surface area (Å²) < 4.78 is 43.6. The summed E-state index contributed by atoms with van der Waals surface area (Å²) in [5.41, 5.74) is 0.785. The first-order chi connectivity index (χ1) is 14.8. The van der Waals surface area contributed by atoms with Gasteiger partial charge in [-0.15, -0.1) is 0 Å². The Labute approximate surface area is 180 Å². The van der Waals surface area contributed by atoms with E-state index >= 15 is 0 Å². The van der Waals surface area contributed by atoms with Gasteiger partial charge in [-0.1, -0.05) is 31.1 Å². The summed E-state index contributed by atoms with van der Waals surface area (Å²) in [7, 11) is -0.550. The number of hydrogen-bond acceptors (Lipinski definition) is 8. The van der Waals surface area contributed by atoms with Gasteiger partial charge in [0.25, 0.3) is 5.89 Å². The lowest BCUT2D eigenvalue weighted by Crippen LogP contribution is -2.30. The molecule has 0 radical (unpaired) electrons. The molecule has 3 rings (SSSR count). The molecule has 0 bridgehead atoms. The van der Waals surface area contributed by atoms with Gasteiger partial charge in [0.05, 0.1) is 7.11 Å². The first-order valence-corrected chi connectivity index (χ1v) is 11.0. The number of hydrogen-bond donors (Lipinski definition) is 0. The number of aryl methyl sites for hydroxylation is 1. The van der Waals surface area contributed by atoms with Crippen molar-refractivity contribution in [3.05, 3.63) is 48.1 Å². The van der Waals surface area contributed by atoms with Crippen LogP contribution in [0.15, 0.2) is 45.9 Å². The molecule has 0 saturated heterocycles. The summed E-state index contributed by atoms with van der Waals surface area (Å²) in [6.45, 7) is 3.92. The molecule has 0 aliphatic carbocycles. The average molecular weight is 449 g/mol. The molecule has 11 heteroatoms. The maximum absolute atomic E-state index is 12.7. The summed E-state index contributed by atoms with van der Waals surface area (Å²) in [5, 5.41) is 3.88. The number of esters is 1. The van der Waals surface area contributed by atoms with Crippen molar-refractivity contribution in [3.8, 4) is 17.1 Å². The maximum atomic E-state index is 12.7. The van der Waals surface area contributed by atoms with Crippen LogP contribution in [0.3, 0.4) is 0 Å². The van der Waals surface area contributed by atoms with E-state index in [2.05, 4.69) is 10.1 Å². The van der Waals surface area contributed by atoms with Gasteiger partial charge in [-0.2, -0.15) is 9.29 Å². The molecule has 0 fully saturated rings. The molecular weight excluding hydrogens is 424 g/mol. The molecule has 10 nitrogen and oxygen atoms in total. The summed E-state index contributed by atoms with van der Waals surface area (Å²) in [6.07, 6.45) is 1.39. The molecule has 0 aliphatic heterocycles. The van der Waals surface area contributed by atoms with E-state index in [1.165, 1.54) is 21.1 Å². The summed E-state index contributed by atoms with van der Waals surface area (Å²) >= 11 is 0. The van der Waals surface area contributed by atoms with Crippen molar-refractivity contribution >= 4 is 16.0 Å². The zero-order valence-corrected chi connectivity index (χ0v) is 18.5. The Kier molecular flexibility index (Phi) is 6.76. The average Bonchev–Trinajstić information content (AvgIpc) is 3.40. The van der Waals surface area contributed by atoms with E-state index in [1.54, 1.807) is 52.3 Å². The fourth-order valence-corrected chi connectivity index (χ4v) is 4.51. The monoisotopic (exact) mass is 448 g/mol. The van der Waals surface area contributed by atoms with Crippen molar-refractivity contribution in [1.29, 1.82) is 0 Å². The van der Waals surface area contributed by atoms with E-state index in [9.17, 15) is 13.2 Å². The van der Waals surface area contributed by atoms with Gasteiger partial charge in [0, 0.05) is 31.9 Å². The number of carbonyl (C=O) groups excluding carboxylic acids is 1. The van der Waals surface area contributed by atoms with Crippen LogP contribution in [0.25, 0.3) is 11.4 Å². The highest BCUT2D eigenvalue weighted by atomic mass is 32.2. The van der Waals surface area contributed by atoms with E-state index in [-0.39, 0.29) is 23.1 Å². The molecule has 31 heavy (non-hydrogen) atoms. The zero-order chi connectivity index (χ0) is 22.6. The van der Waals surface area contributed by atoms with Crippen LogP contribution < -0.4 is 4.74 Å². The maximum Gasteiger partial charge on any atom is 0.355 e. The molecule has 0 amide bonds. The number of nitrogens with zero attached hydrogens (tertiary/aromatic N) is 4. The van der Waals surface area contributed by atoms with Crippen LogP contribution in [0.4, 0.5) is 0 Å². The van der Waals surface area contributed by atoms with Crippen LogP contribution in [-0.4, -0.2) is 53.6 Å². The second-order valence-corrected chi connectivity index (χ2v) is 8.52. The van der Waals surface area contributed by atoms with Crippen LogP contribution in [0.2, 0.25) is 0 Å². The molecule has 3 aromatic rings. The van der Waals surface area contributed by atoms with Crippen LogP contribution in [0.5, 0.6) is 5.75 Å². The Balaban J connectivity index is 1.71. The lowest BCUT2D eigenvalue weighted by atomic mass is 10.2. The largest absolute Gasteiger partial charge is 0.497 e. The van der Waals surface area contributed by atoms with Crippen molar-refractivity contribution < 1.29 is 27.2 Å². The van der Waals surface area contributed by atoms with Crippen molar-refractivity contribution in [2.75, 3.05) is 20.2 Å². The SMILES string of the molecule is CCN(CC)S(=O)(=O)c1cc(C(=O)OCc2nc(-c3cccc(OC)c3)no2)n(C)c1. The molecule has 2 heterocycles. The van der Waals surface area contributed by atoms with E-state index in [1.807, 2.05) is 0 Å². The van der Waals surface area contributed by atoms with Crippen LogP contribution >= 0.6 is 0 Å². The summed E-state index contributed by atoms with van der Waals surface area (Å²) in [6, 6.07) is 8.43. The van der Waals surface area contributed by atoms with Gasteiger partial charge in [-0.3, -0.25) is 0 Å². The van der Waals surface area contributed by atoms with Crippen molar-refractivity contribution in [2.24, 2.45) is 7.05 Å². The molecule has 166 valence electrons. The van der Waals surface area contributed by atoms with E-state index in [0.29, 0.717) is 30.2 Å². The number of ether oxygens (including phenoxy) is 2.